The number of hydrogen-bond donors (Lipinski definition) is 0. The molecule has 3 aromatic rings. The number of anilines is 1. The Bertz CT molecular complexity index is 1110. The number of ether oxygens (including phenoxy) is 1. The molecule has 0 spiro atoms. The van der Waals surface area contributed by atoms with Gasteiger partial charge in [0, 0.05) is 23.4 Å². The fourth-order valence-corrected chi connectivity index (χ4v) is 5.07. The maximum Gasteiger partial charge on any atom is 0.339 e. The molecular formula is C25H21NO3S. The van der Waals surface area contributed by atoms with Crippen molar-refractivity contribution in [2.24, 2.45) is 0 Å². The highest BCUT2D eigenvalue weighted by molar-refractivity contribution is 7.99. The van der Waals surface area contributed by atoms with Crippen LogP contribution in [0.4, 0.5) is 5.69 Å². The van der Waals surface area contributed by atoms with E-state index in [1.54, 1.807) is 23.9 Å². The monoisotopic (exact) mass is 415 g/mol. The molecule has 3 aromatic carbocycles. The van der Waals surface area contributed by atoms with Crippen molar-refractivity contribution < 1.29 is 14.3 Å². The van der Waals surface area contributed by atoms with E-state index in [9.17, 15) is 9.59 Å². The van der Waals surface area contributed by atoms with Gasteiger partial charge < -0.3 is 9.64 Å². The smallest absolute Gasteiger partial charge is 0.339 e. The van der Waals surface area contributed by atoms with Crippen LogP contribution in [-0.4, -0.2) is 24.2 Å². The summed E-state index contributed by atoms with van der Waals surface area (Å²) in [6.45, 7) is 0.689. The van der Waals surface area contributed by atoms with Crippen LogP contribution >= 0.6 is 11.8 Å². The molecule has 150 valence electrons. The minimum Gasteiger partial charge on any atom is -0.454 e. The van der Waals surface area contributed by atoms with Gasteiger partial charge in [0.2, 0.25) is 0 Å². The van der Waals surface area contributed by atoms with Gasteiger partial charge >= 0.3 is 5.97 Å². The summed E-state index contributed by atoms with van der Waals surface area (Å²) in [5.41, 5.74) is 3.95. The van der Waals surface area contributed by atoms with Crippen LogP contribution in [0.3, 0.4) is 0 Å². The largest absolute Gasteiger partial charge is 0.454 e. The van der Waals surface area contributed by atoms with Gasteiger partial charge in [0.1, 0.15) is 6.10 Å². The molecule has 5 rings (SSSR count). The molecule has 1 atom stereocenters. The minimum atomic E-state index is -0.333. The molecule has 0 aliphatic carbocycles. The van der Waals surface area contributed by atoms with E-state index in [0.717, 1.165) is 33.9 Å². The van der Waals surface area contributed by atoms with E-state index in [2.05, 4.69) is 6.07 Å². The topological polar surface area (TPSA) is 46.6 Å². The van der Waals surface area contributed by atoms with Crippen LogP contribution in [0.15, 0.2) is 77.7 Å². The maximum atomic E-state index is 13.4. The summed E-state index contributed by atoms with van der Waals surface area (Å²) in [4.78, 5) is 29.0. The predicted molar refractivity (Wildman–Crippen MR) is 118 cm³/mol. The second-order valence-corrected chi connectivity index (χ2v) is 8.64. The molecule has 2 heterocycles. The number of hydrogen-bond acceptors (Lipinski definition) is 4. The van der Waals surface area contributed by atoms with E-state index in [4.69, 9.17) is 4.74 Å². The van der Waals surface area contributed by atoms with Gasteiger partial charge in [-0.15, -0.1) is 11.8 Å². The van der Waals surface area contributed by atoms with Gasteiger partial charge in [-0.25, -0.2) is 4.79 Å². The average molecular weight is 416 g/mol. The summed E-state index contributed by atoms with van der Waals surface area (Å²) >= 11 is 1.79. The number of cyclic esters (lactones) is 1. The molecule has 4 nitrogen and oxygen atoms in total. The molecule has 2 aliphatic rings. The van der Waals surface area contributed by atoms with Crippen molar-refractivity contribution in [1.82, 2.24) is 0 Å². The molecule has 0 unspecified atom stereocenters. The molecule has 0 aromatic heterocycles. The van der Waals surface area contributed by atoms with Gasteiger partial charge in [0.15, 0.2) is 0 Å². The van der Waals surface area contributed by atoms with Crippen molar-refractivity contribution in [1.29, 1.82) is 0 Å². The predicted octanol–water partition coefficient (Wildman–Crippen LogP) is 5.28. The summed E-state index contributed by atoms with van der Waals surface area (Å²) < 4.78 is 5.64. The van der Waals surface area contributed by atoms with Gasteiger partial charge in [-0.1, -0.05) is 42.5 Å². The van der Waals surface area contributed by atoms with Crippen molar-refractivity contribution in [3.63, 3.8) is 0 Å². The quantitative estimate of drug-likeness (QED) is 0.534. The molecule has 5 heteroatoms. The van der Waals surface area contributed by atoms with Gasteiger partial charge in [-0.2, -0.15) is 0 Å². The van der Waals surface area contributed by atoms with E-state index >= 15 is 0 Å². The summed E-state index contributed by atoms with van der Waals surface area (Å²) in [5.74, 6) is 0.638. The van der Waals surface area contributed by atoms with Crippen LogP contribution in [0, 0.1) is 0 Å². The van der Waals surface area contributed by atoms with Gasteiger partial charge in [0.25, 0.3) is 5.91 Å². The third-order valence-electron chi connectivity index (χ3n) is 5.58. The number of nitrogens with zero attached hydrogens (tertiary/aromatic N) is 1. The Morgan fingerprint density at radius 2 is 1.80 bits per heavy atom. The highest BCUT2D eigenvalue weighted by Gasteiger charge is 2.29. The van der Waals surface area contributed by atoms with Crippen LogP contribution in [0.25, 0.3) is 0 Å². The van der Waals surface area contributed by atoms with E-state index < -0.39 is 0 Å². The first-order valence-electron chi connectivity index (χ1n) is 10.1. The van der Waals surface area contributed by atoms with E-state index in [-0.39, 0.29) is 18.0 Å². The Kier molecular flexibility index (Phi) is 5.05. The van der Waals surface area contributed by atoms with Crippen molar-refractivity contribution in [2.75, 3.05) is 17.2 Å². The first-order valence-corrected chi connectivity index (χ1v) is 11.1. The number of carbonyl (C=O) groups excluding carboxylic acids is 2. The second kappa shape index (κ2) is 8.00. The normalized spacial score (nSPS) is 18.1. The lowest BCUT2D eigenvalue weighted by molar-refractivity contribution is 0.0252. The number of thioether (sulfide) groups is 1. The summed E-state index contributed by atoms with van der Waals surface area (Å²) in [7, 11) is 0. The summed E-state index contributed by atoms with van der Waals surface area (Å²) in [6, 6.07) is 23.1. The van der Waals surface area contributed by atoms with Crippen LogP contribution in [0.1, 0.15) is 44.4 Å². The van der Waals surface area contributed by atoms with Gasteiger partial charge in [0.05, 0.1) is 11.3 Å². The zero-order chi connectivity index (χ0) is 20.5. The highest BCUT2D eigenvalue weighted by Crippen LogP contribution is 2.35. The fraction of sp³-hybridized carbons (Fsp3) is 0.200. The lowest BCUT2D eigenvalue weighted by atomic mass is 9.93. The molecular weight excluding hydrogens is 394 g/mol. The molecule has 2 aliphatic heterocycles. The molecule has 0 N–H and O–H groups in total. The highest BCUT2D eigenvalue weighted by atomic mass is 32.2. The third-order valence-corrected chi connectivity index (χ3v) is 6.73. The molecule has 0 radical (unpaired) electrons. The third kappa shape index (κ3) is 3.50. The van der Waals surface area contributed by atoms with Gasteiger partial charge in [-0.3, -0.25) is 4.79 Å². The minimum absolute atomic E-state index is 0.0250. The van der Waals surface area contributed by atoms with Crippen molar-refractivity contribution in [2.45, 2.75) is 23.8 Å². The first-order chi connectivity index (χ1) is 14.7. The van der Waals surface area contributed by atoms with Crippen molar-refractivity contribution in [3.8, 4) is 0 Å². The van der Waals surface area contributed by atoms with Crippen LogP contribution in [0.2, 0.25) is 0 Å². The average Bonchev–Trinajstić information content (AvgIpc) is 3.01. The van der Waals surface area contributed by atoms with Crippen molar-refractivity contribution in [3.05, 3.63) is 95.1 Å². The number of rotatable bonds is 2. The number of amides is 1. The number of esters is 1. The van der Waals surface area contributed by atoms with Gasteiger partial charge in [-0.05, 0) is 53.6 Å². The summed E-state index contributed by atoms with van der Waals surface area (Å²) in [5, 5.41) is 0. The standard InChI is InChI=1S/C25H21NO3S/c27-24(26-13-6-14-30-23-10-5-4-9-21(23)26)18-11-12-20-19(15-18)16-22(29-25(20)28)17-7-2-1-3-8-17/h1-5,7-12,15,22H,6,13-14,16H2/t22-/m1/s1. The Morgan fingerprint density at radius 1 is 1.00 bits per heavy atom. The molecule has 0 bridgehead atoms. The SMILES string of the molecule is O=C1O[C@@H](c2ccccc2)Cc2cc(C(=O)N3CCCSc4ccccc43)ccc21. The molecule has 0 saturated heterocycles. The maximum absolute atomic E-state index is 13.4. The summed E-state index contributed by atoms with van der Waals surface area (Å²) in [6.07, 6.45) is 1.18. The van der Waals surface area contributed by atoms with Crippen LogP contribution in [-0.2, 0) is 11.2 Å². The Balaban J connectivity index is 1.47. The fourth-order valence-electron chi connectivity index (χ4n) is 4.08. The van der Waals surface area contributed by atoms with E-state index in [0.29, 0.717) is 24.1 Å². The van der Waals surface area contributed by atoms with E-state index in [1.807, 2.05) is 59.5 Å². The zero-order valence-corrected chi connectivity index (χ0v) is 17.2. The molecule has 0 saturated carbocycles. The van der Waals surface area contributed by atoms with E-state index in [1.165, 1.54) is 0 Å². The number of carbonyl (C=O) groups is 2. The van der Waals surface area contributed by atoms with Crippen molar-refractivity contribution >= 4 is 29.3 Å². The molecule has 1 amide bonds. The molecule has 0 fully saturated rings. The lowest BCUT2D eigenvalue weighted by Gasteiger charge is -2.26. The number of benzene rings is 3. The molecule has 30 heavy (non-hydrogen) atoms. The Morgan fingerprint density at radius 3 is 2.67 bits per heavy atom. The Labute approximate surface area is 179 Å². The zero-order valence-electron chi connectivity index (χ0n) is 16.4. The first kappa shape index (κ1) is 18.9. The second-order valence-electron chi connectivity index (χ2n) is 7.51. The van der Waals surface area contributed by atoms with Crippen LogP contribution in [0.5, 0.6) is 0 Å². The Hall–Kier alpha value is -3.05. The number of fused-ring (bicyclic) bond motifs is 2. The number of para-hydroxylation sites is 1. The van der Waals surface area contributed by atoms with Crippen LogP contribution < -0.4 is 4.90 Å². The lowest BCUT2D eigenvalue weighted by Crippen LogP contribution is -2.32.